The van der Waals surface area contributed by atoms with Crippen LogP contribution in [0.3, 0.4) is 0 Å². The molecule has 1 aromatic heterocycles. The van der Waals surface area contributed by atoms with E-state index in [1.165, 1.54) is 44.2 Å². The van der Waals surface area contributed by atoms with Crippen molar-refractivity contribution in [1.82, 2.24) is 19.4 Å². The first-order valence-electron chi connectivity index (χ1n) is 12.1. The third-order valence-electron chi connectivity index (χ3n) is 6.32. The smallest absolute Gasteiger partial charge is 0.222 e. The summed E-state index contributed by atoms with van der Waals surface area (Å²) in [5.41, 5.74) is 3.01. The summed E-state index contributed by atoms with van der Waals surface area (Å²) in [5.74, 6) is 0.325. The number of hydrogen-bond acceptors (Lipinski definition) is 3. The fourth-order valence-electron chi connectivity index (χ4n) is 4.27. The first-order chi connectivity index (χ1) is 15.7. The van der Waals surface area contributed by atoms with E-state index in [4.69, 9.17) is 6.57 Å². The first-order valence-corrected chi connectivity index (χ1v) is 12.1. The van der Waals surface area contributed by atoms with E-state index in [2.05, 4.69) is 26.2 Å². The third kappa shape index (κ3) is 7.49. The monoisotopic (exact) mass is 435 g/mol. The van der Waals surface area contributed by atoms with Gasteiger partial charge in [0.1, 0.15) is 0 Å². The van der Waals surface area contributed by atoms with Gasteiger partial charge in [-0.3, -0.25) is 9.69 Å². The lowest BCUT2D eigenvalue weighted by Crippen LogP contribution is -2.48. The van der Waals surface area contributed by atoms with Gasteiger partial charge in [-0.15, -0.1) is 0 Å². The number of nitrogens with zero attached hydrogens (tertiary/aromatic N) is 5. The Bertz CT molecular complexity index is 859. The lowest BCUT2D eigenvalue weighted by Gasteiger charge is -2.34. The molecule has 6 heteroatoms. The Morgan fingerprint density at radius 2 is 1.66 bits per heavy atom. The number of unbranched alkanes of at least 4 members (excludes halogenated alkanes) is 6. The number of carbonyl (C=O) groups is 1. The van der Waals surface area contributed by atoms with Crippen molar-refractivity contribution in [2.24, 2.45) is 0 Å². The van der Waals surface area contributed by atoms with E-state index in [0.29, 0.717) is 18.0 Å². The second-order valence-corrected chi connectivity index (χ2v) is 8.82. The van der Waals surface area contributed by atoms with Crippen molar-refractivity contribution < 1.29 is 4.79 Å². The Morgan fingerprint density at radius 3 is 2.34 bits per heavy atom. The molecule has 1 saturated heterocycles. The quantitative estimate of drug-likeness (QED) is 0.337. The van der Waals surface area contributed by atoms with Crippen LogP contribution in [0.1, 0.15) is 69.5 Å². The number of rotatable bonds is 12. The molecule has 0 unspecified atom stereocenters. The van der Waals surface area contributed by atoms with Crippen molar-refractivity contribution in [3.63, 3.8) is 0 Å². The molecule has 2 heterocycles. The van der Waals surface area contributed by atoms with E-state index in [1.54, 1.807) is 0 Å². The molecule has 0 atom stereocenters. The van der Waals surface area contributed by atoms with E-state index < -0.39 is 0 Å². The first kappa shape index (κ1) is 24.0. The molecule has 32 heavy (non-hydrogen) atoms. The Balaban J connectivity index is 1.37. The number of hydrogen-bond donors (Lipinski definition) is 0. The predicted molar refractivity (Wildman–Crippen MR) is 129 cm³/mol. The van der Waals surface area contributed by atoms with Gasteiger partial charge < -0.3 is 9.47 Å². The molecule has 0 N–H and O–H groups in total. The van der Waals surface area contributed by atoms with Crippen molar-refractivity contribution in [1.29, 1.82) is 0 Å². The maximum atomic E-state index is 12.5. The van der Waals surface area contributed by atoms with E-state index in [0.717, 1.165) is 51.3 Å². The Kier molecular flexibility index (Phi) is 9.77. The molecular formula is C26H37N5O. The summed E-state index contributed by atoms with van der Waals surface area (Å²) in [7, 11) is 0. The molecule has 0 radical (unpaired) electrons. The van der Waals surface area contributed by atoms with Crippen LogP contribution in [0.5, 0.6) is 0 Å². The number of benzene rings is 1. The lowest BCUT2D eigenvalue weighted by atomic mass is 10.1. The Morgan fingerprint density at radius 1 is 0.969 bits per heavy atom. The zero-order valence-electron chi connectivity index (χ0n) is 19.5. The highest BCUT2D eigenvalue weighted by Crippen LogP contribution is 2.16. The van der Waals surface area contributed by atoms with Gasteiger partial charge in [-0.05, 0) is 12.0 Å². The van der Waals surface area contributed by atoms with Crippen LogP contribution in [0.25, 0.3) is 4.85 Å². The number of amides is 1. The number of carbonyl (C=O) groups excluding carboxylic acids is 1. The molecule has 172 valence electrons. The van der Waals surface area contributed by atoms with E-state index in [-0.39, 0.29) is 0 Å². The predicted octanol–water partition coefficient (Wildman–Crippen LogP) is 5.27. The summed E-state index contributed by atoms with van der Waals surface area (Å²) >= 11 is 0. The average molecular weight is 436 g/mol. The highest BCUT2D eigenvalue weighted by molar-refractivity contribution is 5.76. The Labute approximate surface area is 193 Å². The van der Waals surface area contributed by atoms with Crippen molar-refractivity contribution in [2.75, 3.05) is 26.2 Å². The summed E-state index contributed by atoms with van der Waals surface area (Å²) in [5, 5.41) is 0. The molecule has 2 aromatic rings. The van der Waals surface area contributed by atoms with E-state index in [9.17, 15) is 4.79 Å². The second-order valence-electron chi connectivity index (χ2n) is 8.82. The maximum absolute atomic E-state index is 12.5. The van der Waals surface area contributed by atoms with Gasteiger partial charge in [-0.25, -0.2) is 9.83 Å². The van der Waals surface area contributed by atoms with Crippen LogP contribution in [-0.2, 0) is 17.9 Å². The molecule has 0 spiro atoms. The fraction of sp³-hybridized carbons (Fsp3) is 0.577. The van der Waals surface area contributed by atoms with Crippen LogP contribution in [0.15, 0.2) is 36.8 Å². The molecular weight excluding hydrogens is 398 g/mol. The summed E-state index contributed by atoms with van der Waals surface area (Å²) in [6.45, 7) is 14.4. The number of piperazine rings is 1. The van der Waals surface area contributed by atoms with Crippen LogP contribution >= 0.6 is 0 Å². The summed E-state index contributed by atoms with van der Waals surface area (Å²) in [6.07, 6.45) is 13.2. The van der Waals surface area contributed by atoms with Gasteiger partial charge in [0.2, 0.25) is 5.91 Å². The lowest BCUT2D eigenvalue weighted by molar-refractivity contribution is -0.133. The molecule has 1 aliphatic rings. The molecule has 0 bridgehead atoms. The topological polar surface area (TPSA) is 45.7 Å². The molecule has 1 fully saturated rings. The molecule has 1 amide bonds. The second kappa shape index (κ2) is 13.0. The fourth-order valence-corrected chi connectivity index (χ4v) is 4.27. The van der Waals surface area contributed by atoms with Gasteiger partial charge >= 0.3 is 0 Å². The third-order valence-corrected chi connectivity index (χ3v) is 6.32. The zero-order chi connectivity index (χ0) is 22.6. The van der Waals surface area contributed by atoms with Gasteiger partial charge in [0, 0.05) is 51.9 Å². The van der Waals surface area contributed by atoms with Crippen LogP contribution in [0.2, 0.25) is 0 Å². The largest absolute Gasteiger partial charge is 0.340 e. The highest BCUT2D eigenvalue weighted by atomic mass is 16.2. The standard InChI is InChI=1S/C26H37N5O/c1-3-4-5-6-7-8-9-10-26(32)30-17-15-29(16-18-30)21-25-19-28-22-31(25)20-23-11-13-24(27-2)14-12-23/h11-14,19,22H,3-10,15-18,20-21H2,1H3. The highest BCUT2D eigenvalue weighted by Gasteiger charge is 2.21. The van der Waals surface area contributed by atoms with Gasteiger partial charge in [0.25, 0.3) is 0 Å². The SMILES string of the molecule is [C-]#[N+]c1ccc(Cn2cncc2CN2CCN(C(=O)CCCCCCCCC)CC2)cc1. The molecule has 0 saturated carbocycles. The van der Waals surface area contributed by atoms with Crippen molar-refractivity contribution in [2.45, 2.75) is 71.4 Å². The van der Waals surface area contributed by atoms with Crippen molar-refractivity contribution >= 4 is 11.6 Å². The minimum atomic E-state index is 0.325. The molecule has 1 aliphatic heterocycles. The zero-order valence-corrected chi connectivity index (χ0v) is 19.5. The molecule has 3 rings (SSSR count). The average Bonchev–Trinajstić information content (AvgIpc) is 3.25. The minimum Gasteiger partial charge on any atom is -0.340 e. The van der Waals surface area contributed by atoms with Crippen LogP contribution < -0.4 is 0 Å². The summed E-state index contributed by atoms with van der Waals surface area (Å²) in [4.78, 5) is 24.8. The van der Waals surface area contributed by atoms with Crippen molar-refractivity contribution in [3.8, 4) is 0 Å². The normalized spacial score (nSPS) is 14.4. The van der Waals surface area contributed by atoms with Gasteiger partial charge in [0.15, 0.2) is 5.69 Å². The van der Waals surface area contributed by atoms with Gasteiger partial charge in [0.05, 0.1) is 18.6 Å². The van der Waals surface area contributed by atoms with E-state index >= 15 is 0 Å². The summed E-state index contributed by atoms with van der Waals surface area (Å²) < 4.78 is 2.17. The van der Waals surface area contributed by atoms with Crippen molar-refractivity contribution in [3.05, 3.63) is 59.5 Å². The van der Waals surface area contributed by atoms with Gasteiger partial charge in [-0.1, -0.05) is 69.7 Å². The molecule has 0 aliphatic carbocycles. The number of imidazole rings is 1. The van der Waals surface area contributed by atoms with E-state index in [1.807, 2.05) is 41.7 Å². The maximum Gasteiger partial charge on any atom is 0.222 e. The molecule has 6 nitrogen and oxygen atoms in total. The summed E-state index contributed by atoms with van der Waals surface area (Å²) in [6, 6.07) is 7.74. The number of aromatic nitrogens is 2. The Hall–Kier alpha value is -2.65. The van der Waals surface area contributed by atoms with Crippen LogP contribution in [0, 0.1) is 6.57 Å². The minimum absolute atomic E-state index is 0.325. The van der Waals surface area contributed by atoms with Crippen LogP contribution in [-0.4, -0.2) is 51.4 Å². The van der Waals surface area contributed by atoms with Gasteiger partial charge in [-0.2, -0.15) is 0 Å². The molecule has 1 aromatic carbocycles. The van der Waals surface area contributed by atoms with Crippen LogP contribution in [0.4, 0.5) is 5.69 Å².